The van der Waals surface area contributed by atoms with Gasteiger partial charge in [0.15, 0.2) is 0 Å². The van der Waals surface area contributed by atoms with E-state index in [1.807, 2.05) is 0 Å². The van der Waals surface area contributed by atoms with Crippen LogP contribution in [-0.2, 0) is 9.13 Å². The molecule has 0 aliphatic heterocycles. The normalized spacial score (nSPS) is 13.6. The maximum Gasteiger partial charge on any atom is 1.00 e. The average Bonchev–Trinajstić information content (AvgIpc) is 2.28. The fourth-order valence-electron chi connectivity index (χ4n) is 1.92. The summed E-state index contributed by atoms with van der Waals surface area (Å²) in [7, 11) is -9.20. The molecule has 1 atom stereocenters. The Morgan fingerprint density at radius 2 is 1.22 bits per heavy atom. The molecule has 0 spiro atoms. The molecule has 0 N–H and O–H groups in total. The molecule has 0 amide bonds. The molecular weight excluding hydrogens is 367 g/mol. The average molecular weight is 392 g/mol. The van der Waals surface area contributed by atoms with Crippen molar-refractivity contribution >= 4 is 15.0 Å². The van der Waals surface area contributed by atoms with Crippen LogP contribution in [0.3, 0.4) is 0 Å². The van der Waals surface area contributed by atoms with Crippen LogP contribution in [0.4, 0.5) is 0 Å². The first kappa shape index (κ1) is 33.6. The summed E-state index contributed by atoms with van der Waals surface area (Å²) in [6, 6.07) is 0. The monoisotopic (exact) mass is 392 g/mol. The van der Waals surface area contributed by atoms with Crippen molar-refractivity contribution in [2.75, 3.05) is 5.90 Å². The third-order valence-electron chi connectivity index (χ3n) is 2.93. The molecule has 0 saturated carbocycles. The molecule has 0 saturated heterocycles. The summed E-state index contributed by atoms with van der Waals surface area (Å²) in [5.41, 5.74) is 0. The molecule has 0 aromatic rings. The van der Waals surface area contributed by atoms with Crippen molar-refractivity contribution in [1.29, 1.82) is 0 Å². The smallest absolute Gasteiger partial charge is 0.810 e. The van der Waals surface area contributed by atoms with E-state index < -0.39 is 20.9 Å². The van der Waals surface area contributed by atoms with Crippen LogP contribution in [-0.4, -0.2) is 5.90 Å². The second-order valence-corrected chi connectivity index (χ2v) is 9.23. The molecule has 0 rings (SSSR count). The molecule has 0 radical (unpaired) electrons. The van der Waals surface area contributed by atoms with Crippen molar-refractivity contribution < 1.29 is 112 Å². The minimum atomic E-state index is -4.99. The molecule has 0 aliphatic carbocycles. The van der Waals surface area contributed by atoms with Crippen molar-refractivity contribution in [2.24, 2.45) is 0 Å². The number of allylic oxidation sites excluding steroid dienone is 1. The zero-order valence-corrected chi connectivity index (χ0v) is 23.0. The Labute approximate surface area is 207 Å². The molecule has 23 heavy (non-hydrogen) atoms. The third kappa shape index (κ3) is 27.4. The molecule has 1 unspecified atom stereocenters. The van der Waals surface area contributed by atoms with Gasteiger partial charge in [-0.25, -0.2) is 0 Å². The van der Waals surface area contributed by atoms with Crippen LogP contribution in [0.25, 0.3) is 0 Å². The first-order chi connectivity index (χ1) is 9.27. The van der Waals surface area contributed by atoms with Gasteiger partial charge in [-0.1, -0.05) is 65.5 Å². The first-order valence-electron chi connectivity index (χ1n) is 7.25. The van der Waals surface area contributed by atoms with Gasteiger partial charge < -0.3 is 23.8 Å². The predicted molar refractivity (Wildman–Crippen MR) is 76.4 cm³/mol. The quantitative estimate of drug-likeness (QED) is 0.187. The van der Waals surface area contributed by atoms with E-state index in [2.05, 4.69) is 6.92 Å². The fraction of sp³-hybridized carbons (Fsp3) is 0.846. The topological polar surface area (TPSA) is 103 Å². The van der Waals surface area contributed by atoms with E-state index in [-0.39, 0.29) is 88.7 Å². The van der Waals surface area contributed by atoms with Gasteiger partial charge in [-0.3, -0.25) is 0 Å². The number of unbranched alkanes of at least 4 members (excludes halogenated alkanes) is 8. The number of rotatable bonds is 12. The summed E-state index contributed by atoms with van der Waals surface area (Å²) in [5.74, 6) is -0.426. The second kappa shape index (κ2) is 19.8. The second-order valence-electron chi connectivity index (χ2n) is 5.13. The van der Waals surface area contributed by atoms with Gasteiger partial charge in [-0.2, -0.15) is 0 Å². The van der Waals surface area contributed by atoms with Crippen LogP contribution in [0, 0.1) is 0 Å². The van der Waals surface area contributed by atoms with E-state index >= 15 is 0 Å². The first-order valence-corrected chi connectivity index (χ1v) is 10.9. The SMILES string of the molecule is CCCCCCCCCC/C=C/P(=O)([O-])CP(=O)([O-])[O-].[Na+].[Na+].[Na+]. The maximum atomic E-state index is 11.3. The third-order valence-corrected chi connectivity index (χ3v) is 6.55. The van der Waals surface area contributed by atoms with Gasteiger partial charge in [0.05, 0.1) is 0 Å². The van der Waals surface area contributed by atoms with E-state index in [4.69, 9.17) is 0 Å². The Hall–Kier alpha value is 3.08. The van der Waals surface area contributed by atoms with E-state index in [1.165, 1.54) is 38.2 Å². The van der Waals surface area contributed by atoms with Crippen molar-refractivity contribution in [2.45, 2.75) is 64.7 Å². The maximum absolute atomic E-state index is 11.3. The summed E-state index contributed by atoms with van der Waals surface area (Å²) in [5, 5.41) is 0. The molecule has 0 aliphatic rings. The standard InChI is InChI=1S/C13H28O5P2.3Na/c1-2-3-4-5-6-7-8-9-10-11-12-19(14,15)13-20(16,17)18;;;/h11-12H,2-10,13H2,1H3,(H,14,15)(H2,16,17,18);;;/q;3*+1/p-3/b12-11+;;;. The van der Waals surface area contributed by atoms with Crippen LogP contribution in [0.15, 0.2) is 11.9 Å². The Morgan fingerprint density at radius 1 is 0.783 bits per heavy atom. The minimum Gasteiger partial charge on any atom is -0.810 e. The van der Waals surface area contributed by atoms with Crippen LogP contribution >= 0.6 is 15.0 Å². The van der Waals surface area contributed by atoms with Crippen molar-refractivity contribution in [3.63, 3.8) is 0 Å². The van der Waals surface area contributed by atoms with Crippen LogP contribution < -0.4 is 103 Å². The Balaban J connectivity index is -0.000000602. The summed E-state index contributed by atoms with van der Waals surface area (Å²) in [6.45, 7) is 2.18. The largest absolute Gasteiger partial charge is 1.00 e. The van der Waals surface area contributed by atoms with Crippen molar-refractivity contribution in [3.05, 3.63) is 11.9 Å². The van der Waals surface area contributed by atoms with E-state index in [0.29, 0.717) is 6.42 Å². The molecule has 0 aromatic heterocycles. The van der Waals surface area contributed by atoms with Crippen LogP contribution in [0.1, 0.15) is 64.7 Å². The van der Waals surface area contributed by atoms with Crippen molar-refractivity contribution in [1.82, 2.24) is 0 Å². The van der Waals surface area contributed by atoms with Crippen molar-refractivity contribution in [3.8, 4) is 0 Å². The molecule has 0 heterocycles. The van der Waals surface area contributed by atoms with E-state index in [9.17, 15) is 23.8 Å². The molecule has 120 valence electrons. The molecule has 0 fully saturated rings. The van der Waals surface area contributed by atoms with Gasteiger partial charge in [0, 0.05) is 13.3 Å². The van der Waals surface area contributed by atoms with Gasteiger partial charge in [0.1, 0.15) is 0 Å². The Bertz CT molecular complexity index is 375. The predicted octanol–water partition coefficient (Wildman–Crippen LogP) is -6.45. The Kier molecular flexibility index (Phi) is 29.0. The zero-order valence-electron chi connectivity index (χ0n) is 15.2. The van der Waals surface area contributed by atoms with E-state index in [0.717, 1.165) is 25.1 Å². The molecule has 5 nitrogen and oxygen atoms in total. The van der Waals surface area contributed by atoms with Gasteiger partial charge in [-0.05, 0) is 18.7 Å². The summed E-state index contributed by atoms with van der Waals surface area (Å²) in [6.07, 6.45) is 11.4. The summed E-state index contributed by atoms with van der Waals surface area (Å²) < 4.78 is 21.6. The number of hydrogen-bond acceptors (Lipinski definition) is 5. The summed E-state index contributed by atoms with van der Waals surface area (Å²) >= 11 is 0. The van der Waals surface area contributed by atoms with Crippen LogP contribution in [0.5, 0.6) is 0 Å². The Morgan fingerprint density at radius 3 is 1.65 bits per heavy atom. The summed E-state index contributed by atoms with van der Waals surface area (Å²) in [4.78, 5) is 32.0. The van der Waals surface area contributed by atoms with E-state index in [1.54, 1.807) is 0 Å². The minimum absolute atomic E-state index is 0. The van der Waals surface area contributed by atoms with Gasteiger partial charge in [-0.15, -0.1) is 0 Å². The van der Waals surface area contributed by atoms with Gasteiger partial charge >= 0.3 is 88.7 Å². The van der Waals surface area contributed by atoms with Gasteiger partial charge in [0.25, 0.3) is 0 Å². The molecule has 10 heteroatoms. The zero-order chi connectivity index (χ0) is 15.5. The molecule has 0 bridgehead atoms. The number of hydrogen-bond donors (Lipinski definition) is 0. The van der Waals surface area contributed by atoms with Crippen LogP contribution in [0.2, 0.25) is 0 Å². The van der Waals surface area contributed by atoms with Gasteiger partial charge in [0.2, 0.25) is 0 Å². The fourth-order valence-corrected chi connectivity index (χ4v) is 4.70. The molecular formula is C13H25Na3O5P2. The molecule has 0 aromatic carbocycles.